The topological polar surface area (TPSA) is 59.8 Å². The number of hydrogen-bond acceptors (Lipinski definition) is 5. The summed E-state index contributed by atoms with van der Waals surface area (Å²) >= 11 is 1.18. The van der Waals surface area contributed by atoms with Gasteiger partial charge >= 0.3 is 4.87 Å². The Bertz CT molecular complexity index is 487. The highest BCUT2D eigenvalue weighted by atomic mass is 32.1. The molecule has 0 unspecified atom stereocenters. The van der Waals surface area contributed by atoms with Crippen LogP contribution in [0.4, 0.5) is 5.82 Å². The number of aromatic nitrogens is 3. The summed E-state index contributed by atoms with van der Waals surface area (Å²) in [5.41, 5.74) is 0.773. The van der Waals surface area contributed by atoms with Gasteiger partial charge in [0, 0.05) is 18.6 Å². The van der Waals surface area contributed by atoms with Crippen LogP contribution in [-0.4, -0.2) is 21.6 Å². The molecule has 1 N–H and O–H groups in total. The zero-order valence-corrected chi connectivity index (χ0v) is 8.99. The maximum absolute atomic E-state index is 11.3. The lowest BCUT2D eigenvalue weighted by atomic mass is 10.4. The maximum Gasteiger partial charge on any atom is 0.307 e. The monoisotopic (exact) mass is 222 g/mol. The lowest BCUT2D eigenvalue weighted by Gasteiger charge is -2.01. The Balaban J connectivity index is 2.18. The quantitative estimate of drug-likeness (QED) is 0.834. The van der Waals surface area contributed by atoms with Crippen LogP contribution in [0.3, 0.4) is 0 Å². The molecule has 0 aliphatic carbocycles. The third-order valence-electron chi connectivity index (χ3n) is 1.94. The molecule has 5 nitrogen and oxygen atoms in total. The third kappa shape index (κ3) is 2.21. The third-order valence-corrected chi connectivity index (χ3v) is 2.63. The van der Waals surface area contributed by atoms with Crippen LogP contribution in [0.2, 0.25) is 0 Å². The van der Waals surface area contributed by atoms with Gasteiger partial charge in [0.15, 0.2) is 0 Å². The summed E-state index contributed by atoms with van der Waals surface area (Å²) in [6.07, 6.45) is 5.06. The van der Waals surface area contributed by atoms with Gasteiger partial charge in [-0.1, -0.05) is 11.3 Å². The molecule has 15 heavy (non-hydrogen) atoms. The number of nitrogens with zero attached hydrogens (tertiary/aromatic N) is 3. The molecule has 0 aliphatic heterocycles. The van der Waals surface area contributed by atoms with Crippen LogP contribution in [0.1, 0.15) is 5.69 Å². The molecule has 0 radical (unpaired) electrons. The van der Waals surface area contributed by atoms with E-state index in [4.69, 9.17) is 0 Å². The van der Waals surface area contributed by atoms with Gasteiger partial charge in [-0.2, -0.15) is 0 Å². The minimum atomic E-state index is 0.0227. The molecule has 0 aromatic carbocycles. The van der Waals surface area contributed by atoms with Crippen molar-refractivity contribution in [2.45, 2.75) is 6.54 Å². The number of anilines is 1. The van der Waals surface area contributed by atoms with Gasteiger partial charge in [0.05, 0.1) is 24.6 Å². The zero-order chi connectivity index (χ0) is 10.7. The molecular formula is C9H10N4OS. The van der Waals surface area contributed by atoms with Crippen molar-refractivity contribution in [2.24, 2.45) is 0 Å². The Labute approximate surface area is 90.4 Å². The van der Waals surface area contributed by atoms with E-state index in [1.165, 1.54) is 11.3 Å². The highest BCUT2D eigenvalue weighted by Gasteiger charge is 2.00. The van der Waals surface area contributed by atoms with Crippen molar-refractivity contribution in [3.8, 4) is 0 Å². The molecule has 0 aliphatic rings. The second-order valence-electron chi connectivity index (χ2n) is 2.94. The molecule has 0 bridgehead atoms. The van der Waals surface area contributed by atoms with E-state index in [-0.39, 0.29) is 4.87 Å². The fourth-order valence-corrected chi connectivity index (χ4v) is 1.73. The van der Waals surface area contributed by atoms with Crippen LogP contribution in [0, 0.1) is 0 Å². The van der Waals surface area contributed by atoms with Crippen LogP contribution in [-0.2, 0) is 6.54 Å². The average molecular weight is 222 g/mol. The van der Waals surface area contributed by atoms with E-state index >= 15 is 0 Å². The number of thiazole rings is 1. The molecule has 2 heterocycles. The molecule has 0 atom stereocenters. The average Bonchev–Trinajstić information content (AvgIpc) is 2.66. The first-order valence-electron chi connectivity index (χ1n) is 4.42. The SMILES string of the molecule is CNc1cnc(Cn2ccsc2=O)cn1. The van der Waals surface area contributed by atoms with Gasteiger partial charge in [-0.3, -0.25) is 14.3 Å². The van der Waals surface area contributed by atoms with E-state index in [9.17, 15) is 4.79 Å². The highest BCUT2D eigenvalue weighted by Crippen LogP contribution is 2.01. The van der Waals surface area contributed by atoms with Gasteiger partial charge in [0.2, 0.25) is 0 Å². The molecule has 78 valence electrons. The molecule has 0 spiro atoms. The fraction of sp³-hybridized carbons (Fsp3) is 0.222. The minimum absolute atomic E-state index is 0.0227. The Morgan fingerprint density at radius 3 is 2.87 bits per heavy atom. The second-order valence-corrected chi connectivity index (χ2v) is 3.80. The first-order valence-corrected chi connectivity index (χ1v) is 5.30. The van der Waals surface area contributed by atoms with Crippen LogP contribution in [0.5, 0.6) is 0 Å². The smallest absolute Gasteiger partial charge is 0.307 e. The minimum Gasteiger partial charge on any atom is -0.372 e. The Kier molecular flexibility index (Phi) is 2.77. The summed E-state index contributed by atoms with van der Waals surface area (Å²) in [7, 11) is 1.78. The molecule has 2 aromatic rings. The van der Waals surface area contributed by atoms with Crippen LogP contribution >= 0.6 is 11.3 Å². The van der Waals surface area contributed by atoms with Crippen molar-refractivity contribution >= 4 is 17.2 Å². The second kappa shape index (κ2) is 4.22. The highest BCUT2D eigenvalue weighted by molar-refractivity contribution is 7.07. The Morgan fingerprint density at radius 2 is 2.33 bits per heavy atom. The first-order chi connectivity index (χ1) is 7.29. The summed E-state index contributed by atoms with van der Waals surface area (Å²) in [4.78, 5) is 19.6. The van der Waals surface area contributed by atoms with Gasteiger partial charge in [-0.25, -0.2) is 4.98 Å². The predicted octanol–water partition coefficient (Wildman–Crippen LogP) is 0.790. The van der Waals surface area contributed by atoms with E-state index in [2.05, 4.69) is 15.3 Å². The molecule has 0 saturated carbocycles. The molecule has 0 saturated heterocycles. The Hall–Kier alpha value is -1.69. The standard InChI is InChI=1S/C9H10N4OS/c1-10-8-5-11-7(4-12-8)6-13-2-3-15-9(13)14/h2-5H,6H2,1H3,(H,10,12). The number of hydrogen-bond donors (Lipinski definition) is 1. The maximum atomic E-state index is 11.3. The number of rotatable bonds is 3. The van der Waals surface area contributed by atoms with Crippen LogP contribution < -0.4 is 10.2 Å². The lowest BCUT2D eigenvalue weighted by molar-refractivity contribution is 0.756. The summed E-state index contributed by atoms with van der Waals surface area (Å²) in [5.74, 6) is 0.719. The van der Waals surface area contributed by atoms with Crippen molar-refractivity contribution in [1.29, 1.82) is 0 Å². The Morgan fingerprint density at radius 1 is 1.47 bits per heavy atom. The summed E-state index contributed by atoms with van der Waals surface area (Å²) in [6, 6.07) is 0. The van der Waals surface area contributed by atoms with Crippen molar-refractivity contribution in [3.05, 3.63) is 39.3 Å². The van der Waals surface area contributed by atoms with Crippen molar-refractivity contribution in [2.75, 3.05) is 12.4 Å². The van der Waals surface area contributed by atoms with E-state index in [0.29, 0.717) is 6.54 Å². The first kappa shape index (κ1) is 9.85. The van der Waals surface area contributed by atoms with Gasteiger partial charge in [0.1, 0.15) is 5.82 Å². The largest absolute Gasteiger partial charge is 0.372 e. The van der Waals surface area contributed by atoms with E-state index < -0.39 is 0 Å². The predicted molar refractivity (Wildman–Crippen MR) is 59.3 cm³/mol. The van der Waals surface area contributed by atoms with E-state index in [1.54, 1.807) is 35.6 Å². The van der Waals surface area contributed by atoms with Crippen LogP contribution in [0.25, 0.3) is 0 Å². The normalized spacial score (nSPS) is 10.2. The summed E-state index contributed by atoms with van der Waals surface area (Å²) in [6.45, 7) is 0.472. The van der Waals surface area contributed by atoms with Crippen LogP contribution in [0.15, 0.2) is 28.8 Å². The molecule has 2 rings (SSSR count). The van der Waals surface area contributed by atoms with Crippen molar-refractivity contribution in [1.82, 2.24) is 14.5 Å². The summed E-state index contributed by atoms with van der Waals surface area (Å²) in [5, 5.41) is 4.65. The molecule has 0 amide bonds. The summed E-state index contributed by atoms with van der Waals surface area (Å²) < 4.78 is 1.60. The fourth-order valence-electron chi connectivity index (χ4n) is 1.15. The van der Waals surface area contributed by atoms with Gasteiger partial charge in [-0.05, 0) is 0 Å². The van der Waals surface area contributed by atoms with Crippen molar-refractivity contribution < 1.29 is 0 Å². The van der Waals surface area contributed by atoms with Gasteiger partial charge in [0.25, 0.3) is 0 Å². The van der Waals surface area contributed by atoms with Gasteiger partial charge in [-0.15, -0.1) is 0 Å². The zero-order valence-electron chi connectivity index (χ0n) is 8.17. The lowest BCUT2D eigenvalue weighted by Crippen LogP contribution is -2.13. The molecular weight excluding hydrogens is 212 g/mol. The number of nitrogens with one attached hydrogen (secondary N) is 1. The van der Waals surface area contributed by atoms with Crippen molar-refractivity contribution in [3.63, 3.8) is 0 Å². The van der Waals surface area contributed by atoms with E-state index in [0.717, 1.165) is 11.5 Å². The van der Waals surface area contributed by atoms with E-state index in [1.807, 2.05) is 0 Å². The molecule has 0 fully saturated rings. The molecule has 6 heteroatoms. The molecule has 2 aromatic heterocycles. The van der Waals surface area contributed by atoms with Gasteiger partial charge < -0.3 is 5.32 Å².